The SMILES string of the molecule is CCC[C@H](C(N)=O)[C@@H](CC(C)C)C(=O)NC1CN(c2ccccc2)c2ccccc2N(Cc2ccccc2)C1=O. The molecule has 210 valence electrons. The van der Waals surface area contributed by atoms with Gasteiger partial charge < -0.3 is 20.9 Å². The van der Waals surface area contributed by atoms with Crippen LogP contribution in [0.4, 0.5) is 17.1 Å². The van der Waals surface area contributed by atoms with Gasteiger partial charge >= 0.3 is 0 Å². The second-order valence-corrected chi connectivity index (χ2v) is 10.9. The number of fused-ring (bicyclic) bond motifs is 1. The lowest BCUT2D eigenvalue weighted by Crippen LogP contribution is -2.54. The largest absolute Gasteiger partial charge is 0.369 e. The predicted octanol–water partition coefficient (Wildman–Crippen LogP) is 5.42. The summed E-state index contributed by atoms with van der Waals surface area (Å²) in [5.74, 6) is -1.99. The Bertz CT molecular complexity index is 1300. The topological polar surface area (TPSA) is 95.7 Å². The average molecular weight is 541 g/mol. The first-order valence-corrected chi connectivity index (χ1v) is 14.2. The van der Waals surface area contributed by atoms with Gasteiger partial charge in [-0.2, -0.15) is 0 Å². The molecule has 7 heteroatoms. The standard InChI is InChI=1S/C33H40N4O3/c1-4-13-26(31(34)38)27(20-23(2)3)32(39)35-28-22-36(25-16-9-6-10-17-25)29-18-11-12-19-30(29)37(33(28)40)21-24-14-7-5-8-15-24/h5-12,14-19,23,26-28H,4,13,20-22H2,1-3H3,(H2,34,38)(H,35,39)/t26-,27+,28?/m0/s1. The molecule has 1 heterocycles. The molecule has 0 saturated heterocycles. The van der Waals surface area contributed by atoms with Crippen LogP contribution in [0.5, 0.6) is 0 Å². The molecule has 0 fully saturated rings. The summed E-state index contributed by atoms with van der Waals surface area (Å²) in [4.78, 5) is 44.5. The minimum Gasteiger partial charge on any atom is -0.369 e. The molecule has 4 rings (SSSR count). The molecule has 1 unspecified atom stereocenters. The van der Waals surface area contributed by atoms with Crippen molar-refractivity contribution in [1.29, 1.82) is 0 Å². The molecule has 3 aromatic carbocycles. The fourth-order valence-electron chi connectivity index (χ4n) is 5.57. The predicted molar refractivity (Wildman–Crippen MR) is 160 cm³/mol. The third-order valence-electron chi connectivity index (χ3n) is 7.47. The zero-order chi connectivity index (χ0) is 28.6. The quantitative estimate of drug-likeness (QED) is 0.339. The zero-order valence-electron chi connectivity index (χ0n) is 23.6. The molecule has 3 N–H and O–H groups in total. The van der Waals surface area contributed by atoms with Gasteiger partial charge in [0.1, 0.15) is 6.04 Å². The smallest absolute Gasteiger partial charge is 0.251 e. The Morgan fingerprint density at radius 3 is 2.10 bits per heavy atom. The highest BCUT2D eigenvalue weighted by Gasteiger charge is 2.38. The van der Waals surface area contributed by atoms with E-state index in [1.165, 1.54) is 0 Å². The third kappa shape index (κ3) is 6.71. The van der Waals surface area contributed by atoms with Crippen LogP contribution in [0.15, 0.2) is 84.9 Å². The van der Waals surface area contributed by atoms with E-state index in [-0.39, 0.29) is 24.3 Å². The minimum absolute atomic E-state index is 0.180. The molecule has 40 heavy (non-hydrogen) atoms. The van der Waals surface area contributed by atoms with Gasteiger partial charge in [0.05, 0.1) is 24.5 Å². The number of anilines is 3. The van der Waals surface area contributed by atoms with Gasteiger partial charge in [-0.15, -0.1) is 0 Å². The van der Waals surface area contributed by atoms with Crippen molar-refractivity contribution < 1.29 is 14.4 Å². The number of hydrogen-bond acceptors (Lipinski definition) is 4. The van der Waals surface area contributed by atoms with Crippen molar-refractivity contribution in [2.75, 3.05) is 16.3 Å². The number of benzene rings is 3. The summed E-state index contributed by atoms with van der Waals surface area (Å²) < 4.78 is 0. The summed E-state index contributed by atoms with van der Waals surface area (Å²) >= 11 is 0. The Hall–Kier alpha value is -4.13. The summed E-state index contributed by atoms with van der Waals surface area (Å²) in [5.41, 5.74) is 9.35. The summed E-state index contributed by atoms with van der Waals surface area (Å²) in [6.45, 7) is 6.64. The van der Waals surface area contributed by atoms with Crippen LogP contribution in [0.3, 0.4) is 0 Å². The summed E-state index contributed by atoms with van der Waals surface area (Å²) in [7, 11) is 0. The van der Waals surface area contributed by atoms with E-state index >= 15 is 0 Å². The number of primary amides is 1. The number of carbonyl (C=O) groups is 3. The highest BCUT2D eigenvalue weighted by atomic mass is 16.2. The summed E-state index contributed by atoms with van der Waals surface area (Å²) in [6.07, 6.45) is 1.77. The normalized spacial score (nSPS) is 16.7. The van der Waals surface area contributed by atoms with Gasteiger partial charge in [0.15, 0.2) is 0 Å². The maximum atomic E-state index is 14.3. The molecule has 0 aromatic heterocycles. The maximum absolute atomic E-state index is 14.3. The Morgan fingerprint density at radius 2 is 1.50 bits per heavy atom. The van der Waals surface area contributed by atoms with E-state index in [1.807, 2.05) is 106 Å². The van der Waals surface area contributed by atoms with Crippen molar-refractivity contribution in [3.05, 3.63) is 90.5 Å². The highest BCUT2D eigenvalue weighted by Crippen LogP contribution is 2.38. The molecule has 0 spiro atoms. The van der Waals surface area contributed by atoms with Gasteiger partial charge in [-0.05, 0) is 48.6 Å². The van der Waals surface area contributed by atoms with Crippen LogP contribution in [0.2, 0.25) is 0 Å². The van der Waals surface area contributed by atoms with Gasteiger partial charge in [0, 0.05) is 17.5 Å². The molecule has 1 aliphatic heterocycles. The third-order valence-corrected chi connectivity index (χ3v) is 7.47. The first kappa shape index (κ1) is 28.9. The molecule has 7 nitrogen and oxygen atoms in total. The highest BCUT2D eigenvalue weighted by molar-refractivity contribution is 6.04. The second kappa shape index (κ2) is 13.3. The van der Waals surface area contributed by atoms with E-state index in [4.69, 9.17) is 5.73 Å². The van der Waals surface area contributed by atoms with Crippen LogP contribution in [0, 0.1) is 17.8 Å². The van der Waals surface area contributed by atoms with E-state index in [0.717, 1.165) is 29.0 Å². The number of para-hydroxylation sites is 3. The van der Waals surface area contributed by atoms with Crippen LogP contribution in [-0.4, -0.2) is 30.3 Å². The molecule has 0 radical (unpaired) electrons. The van der Waals surface area contributed by atoms with Crippen LogP contribution >= 0.6 is 0 Å². The Balaban J connectivity index is 1.75. The first-order chi connectivity index (χ1) is 19.3. The number of rotatable bonds is 11. The van der Waals surface area contributed by atoms with Gasteiger partial charge in [0.2, 0.25) is 11.8 Å². The lowest BCUT2D eigenvalue weighted by Gasteiger charge is -2.30. The Labute approximate surface area is 237 Å². The Kier molecular flexibility index (Phi) is 9.59. The molecule has 1 aliphatic rings. The van der Waals surface area contributed by atoms with Gasteiger partial charge in [-0.25, -0.2) is 0 Å². The lowest BCUT2D eigenvalue weighted by molar-refractivity contribution is -0.136. The Morgan fingerprint density at radius 1 is 0.900 bits per heavy atom. The van der Waals surface area contributed by atoms with E-state index in [1.54, 1.807) is 4.90 Å². The maximum Gasteiger partial charge on any atom is 0.251 e. The fraction of sp³-hybridized carbons (Fsp3) is 0.364. The molecule has 0 aliphatic carbocycles. The number of nitrogens with zero attached hydrogens (tertiary/aromatic N) is 2. The van der Waals surface area contributed by atoms with E-state index < -0.39 is 23.8 Å². The van der Waals surface area contributed by atoms with Crippen molar-refractivity contribution in [2.45, 2.75) is 52.6 Å². The van der Waals surface area contributed by atoms with Crippen molar-refractivity contribution >= 4 is 34.8 Å². The molecular weight excluding hydrogens is 500 g/mol. The summed E-state index contributed by atoms with van der Waals surface area (Å²) in [6, 6.07) is 26.7. The number of hydrogen-bond donors (Lipinski definition) is 2. The summed E-state index contributed by atoms with van der Waals surface area (Å²) in [5, 5.41) is 3.08. The van der Waals surface area contributed by atoms with E-state index in [9.17, 15) is 14.4 Å². The number of carbonyl (C=O) groups excluding carboxylic acids is 3. The van der Waals surface area contributed by atoms with Crippen LogP contribution in [0.25, 0.3) is 0 Å². The minimum atomic E-state index is -0.839. The van der Waals surface area contributed by atoms with E-state index in [2.05, 4.69) is 10.2 Å². The fourth-order valence-corrected chi connectivity index (χ4v) is 5.57. The molecule has 0 saturated carbocycles. The molecule has 0 bridgehead atoms. The van der Waals surface area contributed by atoms with Crippen LogP contribution in [0.1, 0.15) is 45.6 Å². The number of amides is 3. The van der Waals surface area contributed by atoms with Gasteiger partial charge in [-0.1, -0.05) is 87.9 Å². The second-order valence-electron chi connectivity index (χ2n) is 10.9. The van der Waals surface area contributed by atoms with Crippen molar-refractivity contribution in [2.24, 2.45) is 23.5 Å². The van der Waals surface area contributed by atoms with Crippen molar-refractivity contribution in [3.8, 4) is 0 Å². The molecular formula is C33H40N4O3. The molecule has 3 atom stereocenters. The number of nitrogens with two attached hydrogens (primary N) is 1. The van der Waals surface area contributed by atoms with Crippen LogP contribution in [-0.2, 0) is 20.9 Å². The number of nitrogens with one attached hydrogen (secondary N) is 1. The first-order valence-electron chi connectivity index (χ1n) is 14.2. The zero-order valence-corrected chi connectivity index (χ0v) is 23.6. The van der Waals surface area contributed by atoms with Crippen LogP contribution < -0.4 is 20.9 Å². The van der Waals surface area contributed by atoms with Crippen molar-refractivity contribution in [1.82, 2.24) is 5.32 Å². The lowest BCUT2D eigenvalue weighted by atomic mass is 9.81. The van der Waals surface area contributed by atoms with Gasteiger partial charge in [-0.3, -0.25) is 14.4 Å². The monoisotopic (exact) mass is 540 g/mol. The average Bonchev–Trinajstić information content (AvgIpc) is 3.06. The van der Waals surface area contributed by atoms with E-state index in [0.29, 0.717) is 19.4 Å². The van der Waals surface area contributed by atoms with Crippen molar-refractivity contribution in [3.63, 3.8) is 0 Å². The molecule has 3 amide bonds. The molecule has 3 aromatic rings. The van der Waals surface area contributed by atoms with Gasteiger partial charge in [0.25, 0.3) is 5.91 Å².